The predicted octanol–water partition coefficient (Wildman–Crippen LogP) is 3.13. The highest BCUT2D eigenvalue weighted by molar-refractivity contribution is 6.03. The zero-order valence-electron chi connectivity index (χ0n) is 14.8. The first kappa shape index (κ1) is 17.9. The Morgan fingerprint density at radius 2 is 1.81 bits per heavy atom. The number of amides is 2. The van der Waals surface area contributed by atoms with Crippen LogP contribution < -0.4 is 10.6 Å². The quantitative estimate of drug-likeness (QED) is 0.827. The van der Waals surface area contributed by atoms with E-state index in [9.17, 15) is 14.7 Å². The van der Waals surface area contributed by atoms with Crippen molar-refractivity contribution in [2.75, 3.05) is 25.0 Å². The van der Waals surface area contributed by atoms with Gasteiger partial charge in [0, 0.05) is 11.5 Å². The van der Waals surface area contributed by atoms with Crippen LogP contribution in [-0.4, -0.2) is 42.0 Å². The standard InChI is InChI=1S/C20H23N3O3/c1-22-11-9-14(10-12-22)19(25)15-5-4-6-16(13-15)23(20(21)26)17-7-2-3-8-18(17)24/h2-8,13-14,24H,9-12H2,1H3,(H2,21,26). The zero-order valence-corrected chi connectivity index (χ0v) is 14.8. The van der Waals surface area contributed by atoms with Gasteiger partial charge in [-0.2, -0.15) is 0 Å². The average Bonchev–Trinajstić information content (AvgIpc) is 2.64. The summed E-state index contributed by atoms with van der Waals surface area (Å²) in [7, 11) is 2.05. The van der Waals surface area contributed by atoms with E-state index in [1.165, 1.54) is 11.0 Å². The van der Waals surface area contributed by atoms with Gasteiger partial charge in [-0.1, -0.05) is 24.3 Å². The van der Waals surface area contributed by atoms with Crippen LogP contribution in [0.1, 0.15) is 23.2 Å². The lowest BCUT2D eigenvalue weighted by Crippen LogP contribution is -2.34. The minimum atomic E-state index is -0.726. The van der Waals surface area contributed by atoms with Crippen LogP contribution in [0.3, 0.4) is 0 Å². The number of phenolic OH excluding ortho intramolecular Hbond substituents is 1. The Bertz CT molecular complexity index is 813. The molecule has 0 radical (unpaired) electrons. The molecular weight excluding hydrogens is 330 g/mol. The second-order valence-corrected chi connectivity index (χ2v) is 6.65. The molecule has 0 bridgehead atoms. The number of nitrogens with two attached hydrogens (primary N) is 1. The Balaban J connectivity index is 1.91. The lowest BCUT2D eigenvalue weighted by molar-refractivity contribution is 0.0857. The van der Waals surface area contributed by atoms with Gasteiger partial charge in [-0.15, -0.1) is 0 Å². The van der Waals surface area contributed by atoms with Crippen molar-refractivity contribution in [2.24, 2.45) is 11.7 Å². The SMILES string of the molecule is CN1CCC(C(=O)c2cccc(N(C(N)=O)c3ccccc3O)c2)CC1. The number of nitrogens with zero attached hydrogens (tertiary/aromatic N) is 2. The van der Waals surface area contributed by atoms with Gasteiger partial charge in [0.15, 0.2) is 5.78 Å². The highest BCUT2D eigenvalue weighted by Crippen LogP contribution is 2.33. The Morgan fingerprint density at radius 1 is 1.12 bits per heavy atom. The summed E-state index contributed by atoms with van der Waals surface area (Å²) in [5, 5.41) is 10.1. The van der Waals surface area contributed by atoms with Crippen molar-refractivity contribution >= 4 is 23.2 Å². The third-order valence-corrected chi connectivity index (χ3v) is 4.82. The number of aromatic hydroxyl groups is 1. The van der Waals surface area contributed by atoms with Gasteiger partial charge in [-0.25, -0.2) is 4.79 Å². The van der Waals surface area contributed by atoms with Crippen LogP contribution in [0.15, 0.2) is 48.5 Å². The predicted molar refractivity (Wildman–Crippen MR) is 101 cm³/mol. The molecule has 1 saturated heterocycles. The summed E-state index contributed by atoms with van der Waals surface area (Å²) in [5.41, 5.74) is 6.83. The van der Waals surface area contributed by atoms with Gasteiger partial charge in [-0.3, -0.25) is 9.69 Å². The maximum Gasteiger partial charge on any atom is 0.324 e. The van der Waals surface area contributed by atoms with Gasteiger partial charge < -0.3 is 15.7 Å². The molecule has 2 amide bonds. The second kappa shape index (κ2) is 7.58. The number of phenols is 1. The molecule has 0 spiro atoms. The highest BCUT2D eigenvalue weighted by Gasteiger charge is 2.25. The molecule has 1 heterocycles. The van der Waals surface area contributed by atoms with E-state index in [1.54, 1.807) is 42.5 Å². The van der Waals surface area contributed by atoms with E-state index in [1.807, 2.05) is 0 Å². The molecule has 3 N–H and O–H groups in total. The maximum absolute atomic E-state index is 12.9. The van der Waals surface area contributed by atoms with Gasteiger partial charge in [0.25, 0.3) is 0 Å². The molecule has 6 heteroatoms. The monoisotopic (exact) mass is 353 g/mol. The van der Waals surface area contributed by atoms with Gasteiger partial charge in [0.05, 0.1) is 11.4 Å². The normalized spacial score (nSPS) is 15.6. The first-order valence-electron chi connectivity index (χ1n) is 8.67. The number of carbonyl (C=O) groups is 2. The maximum atomic E-state index is 12.9. The molecule has 1 aliphatic rings. The van der Waals surface area contributed by atoms with Crippen molar-refractivity contribution in [1.29, 1.82) is 0 Å². The molecule has 0 unspecified atom stereocenters. The molecule has 1 fully saturated rings. The van der Waals surface area contributed by atoms with Gasteiger partial charge in [0.2, 0.25) is 0 Å². The Labute approximate surface area is 152 Å². The summed E-state index contributed by atoms with van der Waals surface area (Å²) < 4.78 is 0. The van der Waals surface area contributed by atoms with Gasteiger partial charge in [-0.05, 0) is 57.2 Å². The molecule has 0 aliphatic carbocycles. The van der Waals surface area contributed by atoms with E-state index in [0.717, 1.165) is 25.9 Å². The van der Waals surface area contributed by atoms with E-state index in [2.05, 4.69) is 11.9 Å². The molecule has 3 rings (SSSR count). The van der Waals surface area contributed by atoms with Crippen molar-refractivity contribution in [3.63, 3.8) is 0 Å². The van der Waals surface area contributed by atoms with Crippen LogP contribution in [0.4, 0.5) is 16.2 Å². The number of ketones is 1. The van der Waals surface area contributed by atoms with E-state index in [4.69, 9.17) is 5.73 Å². The summed E-state index contributed by atoms with van der Waals surface area (Å²) in [6, 6.07) is 12.6. The zero-order chi connectivity index (χ0) is 18.7. The van der Waals surface area contributed by atoms with E-state index in [0.29, 0.717) is 11.3 Å². The van der Waals surface area contributed by atoms with Crippen LogP contribution >= 0.6 is 0 Å². The lowest BCUT2D eigenvalue weighted by atomic mass is 9.89. The van der Waals surface area contributed by atoms with Crippen molar-refractivity contribution in [2.45, 2.75) is 12.8 Å². The molecule has 0 saturated carbocycles. The minimum Gasteiger partial charge on any atom is -0.506 e. The minimum absolute atomic E-state index is 0.00592. The van der Waals surface area contributed by atoms with Crippen molar-refractivity contribution in [3.05, 3.63) is 54.1 Å². The molecule has 0 aromatic heterocycles. The number of hydrogen-bond donors (Lipinski definition) is 2. The molecule has 1 aliphatic heterocycles. The van der Waals surface area contributed by atoms with Crippen LogP contribution in [-0.2, 0) is 0 Å². The van der Waals surface area contributed by atoms with E-state index in [-0.39, 0.29) is 23.1 Å². The number of piperidine rings is 1. The second-order valence-electron chi connectivity index (χ2n) is 6.65. The van der Waals surface area contributed by atoms with E-state index >= 15 is 0 Å². The van der Waals surface area contributed by atoms with Crippen LogP contribution in [0.5, 0.6) is 5.75 Å². The number of hydrogen-bond acceptors (Lipinski definition) is 4. The van der Waals surface area contributed by atoms with E-state index < -0.39 is 6.03 Å². The van der Waals surface area contributed by atoms with Crippen LogP contribution in [0.25, 0.3) is 0 Å². The summed E-state index contributed by atoms with van der Waals surface area (Å²) in [4.78, 5) is 28.3. The molecular formula is C20H23N3O3. The topological polar surface area (TPSA) is 86.9 Å². The number of Topliss-reactive ketones (excluding diaryl/α,β-unsaturated/α-hetero) is 1. The molecule has 136 valence electrons. The van der Waals surface area contributed by atoms with Crippen molar-refractivity contribution in [3.8, 4) is 5.75 Å². The average molecular weight is 353 g/mol. The number of para-hydroxylation sites is 2. The number of urea groups is 1. The van der Waals surface area contributed by atoms with Gasteiger partial charge >= 0.3 is 6.03 Å². The number of rotatable bonds is 4. The molecule has 2 aromatic rings. The fourth-order valence-electron chi connectivity index (χ4n) is 3.34. The summed E-state index contributed by atoms with van der Waals surface area (Å²) in [6.07, 6.45) is 1.66. The lowest BCUT2D eigenvalue weighted by Gasteiger charge is -2.28. The highest BCUT2D eigenvalue weighted by atomic mass is 16.3. The number of anilines is 2. The first-order chi connectivity index (χ1) is 12.5. The van der Waals surface area contributed by atoms with Crippen molar-refractivity contribution < 1.29 is 14.7 Å². The molecule has 2 aromatic carbocycles. The Morgan fingerprint density at radius 3 is 2.46 bits per heavy atom. The molecule has 0 atom stereocenters. The third kappa shape index (κ3) is 3.70. The van der Waals surface area contributed by atoms with Crippen LogP contribution in [0, 0.1) is 5.92 Å². The largest absolute Gasteiger partial charge is 0.506 e. The fraction of sp³-hybridized carbons (Fsp3) is 0.300. The smallest absolute Gasteiger partial charge is 0.324 e. The van der Waals surface area contributed by atoms with Crippen molar-refractivity contribution in [1.82, 2.24) is 4.90 Å². The fourth-order valence-corrected chi connectivity index (χ4v) is 3.34. The summed E-state index contributed by atoms with van der Waals surface area (Å²) in [5.74, 6) is 0.0219. The first-order valence-corrected chi connectivity index (χ1v) is 8.67. The van der Waals surface area contributed by atoms with Crippen LogP contribution in [0.2, 0.25) is 0 Å². The summed E-state index contributed by atoms with van der Waals surface area (Å²) >= 11 is 0. The van der Waals surface area contributed by atoms with Gasteiger partial charge in [0.1, 0.15) is 5.75 Å². The number of benzene rings is 2. The number of likely N-dealkylation sites (tertiary alicyclic amines) is 1. The third-order valence-electron chi connectivity index (χ3n) is 4.82. The number of carbonyl (C=O) groups excluding carboxylic acids is 2. The number of primary amides is 1. The Hall–Kier alpha value is -2.86. The molecule has 26 heavy (non-hydrogen) atoms. The molecule has 6 nitrogen and oxygen atoms in total. The Kier molecular flexibility index (Phi) is 5.23. The summed E-state index contributed by atoms with van der Waals surface area (Å²) in [6.45, 7) is 1.81.